The highest BCUT2D eigenvalue weighted by molar-refractivity contribution is 7.85. The van der Waals surface area contributed by atoms with E-state index in [1.54, 1.807) is 20.8 Å². The molecule has 0 amide bonds. The highest BCUT2D eigenvalue weighted by Crippen LogP contribution is 2.31. The molecule has 0 heterocycles. The Morgan fingerprint density at radius 1 is 1.23 bits per heavy atom. The highest BCUT2D eigenvalue weighted by atomic mass is 32.2. The fourth-order valence-corrected chi connectivity index (χ4v) is 2.54. The van der Waals surface area contributed by atoms with E-state index in [9.17, 15) is 21.6 Å². The average molecular weight is 342 g/mol. The monoisotopic (exact) mass is 342 g/mol. The van der Waals surface area contributed by atoms with E-state index in [1.807, 2.05) is 0 Å². The molecule has 22 heavy (non-hydrogen) atoms. The van der Waals surface area contributed by atoms with Crippen molar-refractivity contribution in [3.63, 3.8) is 0 Å². The molecule has 9 heteroatoms. The molecule has 0 saturated heterocycles. The van der Waals surface area contributed by atoms with Gasteiger partial charge in [-0.05, 0) is 44.0 Å². The number of benzene rings is 1. The Bertz CT molecular complexity index is 602. The van der Waals surface area contributed by atoms with Gasteiger partial charge in [-0.25, -0.2) is 0 Å². The Labute approximate surface area is 126 Å². The third kappa shape index (κ3) is 5.38. The van der Waals surface area contributed by atoms with Gasteiger partial charge in [0.25, 0.3) is 10.1 Å². The standard InChI is InChI=1S/C13H17F3O5S/c1-4-20-12-8(2)5-10(6-9(12)3)21-11(13(14,15)16)7-22(17,18)19/h5-6,11H,4,7H2,1-3H3,(H,17,18,19). The number of ether oxygens (including phenoxy) is 2. The molecule has 0 fully saturated rings. The Morgan fingerprint density at radius 2 is 1.73 bits per heavy atom. The molecular formula is C13H17F3O5S. The largest absolute Gasteiger partial charge is 0.493 e. The zero-order valence-corrected chi connectivity index (χ0v) is 13.1. The first-order valence-electron chi connectivity index (χ1n) is 6.36. The summed E-state index contributed by atoms with van der Waals surface area (Å²) in [5.74, 6) is -1.18. The predicted octanol–water partition coefficient (Wildman–Crippen LogP) is 2.90. The molecule has 1 unspecified atom stereocenters. The van der Waals surface area contributed by atoms with Gasteiger partial charge in [-0.1, -0.05) is 0 Å². The van der Waals surface area contributed by atoms with Crippen LogP contribution in [-0.4, -0.2) is 37.6 Å². The molecule has 1 aromatic rings. The second-order valence-corrected chi connectivity index (χ2v) is 6.21. The Balaban J connectivity index is 3.09. The van der Waals surface area contributed by atoms with Crippen molar-refractivity contribution in [3.8, 4) is 11.5 Å². The van der Waals surface area contributed by atoms with Gasteiger partial charge in [0, 0.05) is 0 Å². The summed E-state index contributed by atoms with van der Waals surface area (Å²) in [7, 11) is -4.83. The molecule has 0 radical (unpaired) electrons. The second kappa shape index (κ2) is 6.74. The first-order chi connectivity index (χ1) is 9.94. The van der Waals surface area contributed by atoms with Crippen LogP contribution in [0.1, 0.15) is 18.1 Å². The Kier molecular flexibility index (Phi) is 5.69. The van der Waals surface area contributed by atoms with Crippen molar-refractivity contribution < 1.29 is 35.6 Å². The van der Waals surface area contributed by atoms with Gasteiger partial charge in [0.1, 0.15) is 17.3 Å². The fraction of sp³-hybridized carbons (Fsp3) is 0.538. The molecular weight excluding hydrogens is 325 g/mol. The lowest BCUT2D eigenvalue weighted by Crippen LogP contribution is -2.40. The molecule has 1 rings (SSSR count). The summed E-state index contributed by atoms with van der Waals surface area (Å²) in [5.41, 5.74) is 1.12. The van der Waals surface area contributed by atoms with E-state index in [0.717, 1.165) is 0 Å². The molecule has 1 N–H and O–H groups in total. The van der Waals surface area contributed by atoms with Crippen LogP contribution in [0.3, 0.4) is 0 Å². The third-order valence-corrected chi connectivity index (χ3v) is 3.45. The van der Waals surface area contributed by atoms with Crippen LogP contribution >= 0.6 is 0 Å². The number of alkyl halides is 3. The predicted molar refractivity (Wildman–Crippen MR) is 74.0 cm³/mol. The van der Waals surface area contributed by atoms with Crippen LogP contribution in [0, 0.1) is 13.8 Å². The quantitative estimate of drug-likeness (QED) is 0.805. The minimum atomic E-state index is -4.93. The van der Waals surface area contributed by atoms with Gasteiger partial charge in [0.05, 0.1) is 6.61 Å². The molecule has 0 bridgehead atoms. The van der Waals surface area contributed by atoms with Crippen molar-refractivity contribution in [1.29, 1.82) is 0 Å². The van der Waals surface area contributed by atoms with E-state index in [-0.39, 0.29) is 5.75 Å². The molecule has 126 valence electrons. The maximum Gasteiger partial charge on any atom is 0.426 e. The van der Waals surface area contributed by atoms with E-state index in [4.69, 9.17) is 14.0 Å². The topological polar surface area (TPSA) is 72.8 Å². The van der Waals surface area contributed by atoms with Crippen LogP contribution in [0.25, 0.3) is 0 Å². The smallest absolute Gasteiger partial charge is 0.426 e. The minimum absolute atomic E-state index is 0.149. The van der Waals surface area contributed by atoms with E-state index in [0.29, 0.717) is 23.5 Å². The van der Waals surface area contributed by atoms with E-state index < -0.39 is 28.2 Å². The second-order valence-electron chi connectivity index (χ2n) is 4.72. The number of hydrogen-bond acceptors (Lipinski definition) is 4. The van der Waals surface area contributed by atoms with Gasteiger partial charge in [0.15, 0.2) is 0 Å². The Hall–Kier alpha value is -1.48. The van der Waals surface area contributed by atoms with Crippen LogP contribution < -0.4 is 9.47 Å². The first kappa shape index (κ1) is 18.6. The van der Waals surface area contributed by atoms with Gasteiger partial charge in [-0.3, -0.25) is 4.55 Å². The van der Waals surface area contributed by atoms with Gasteiger partial charge in [-0.2, -0.15) is 21.6 Å². The zero-order chi connectivity index (χ0) is 17.1. The summed E-state index contributed by atoms with van der Waals surface area (Å²) in [4.78, 5) is 0. The van der Waals surface area contributed by atoms with Crippen LogP contribution in [0.4, 0.5) is 13.2 Å². The summed E-state index contributed by atoms with van der Waals surface area (Å²) in [6.07, 6.45) is -7.59. The van der Waals surface area contributed by atoms with Crippen molar-refractivity contribution in [3.05, 3.63) is 23.3 Å². The first-order valence-corrected chi connectivity index (χ1v) is 7.97. The molecule has 0 aliphatic carbocycles. The van der Waals surface area contributed by atoms with Crippen LogP contribution in [-0.2, 0) is 10.1 Å². The van der Waals surface area contributed by atoms with Crippen molar-refractivity contribution in [2.24, 2.45) is 0 Å². The molecule has 0 aliphatic heterocycles. The molecule has 1 aromatic carbocycles. The maximum atomic E-state index is 12.8. The van der Waals surface area contributed by atoms with Crippen molar-refractivity contribution in [2.75, 3.05) is 12.4 Å². The SMILES string of the molecule is CCOc1c(C)cc(OC(CS(=O)(=O)O)C(F)(F)F)cc1C. The lowest BCUT2D eigenvalue weighted by Gasteiger charge is -2.22. The van der Waals surface area contributed by atoms with Crippen LogP contribution in [0.15, 0.2) is 12.1 Å². The molecule has 0 aromatic heterocycles. The molecule has 0 saturated carbocycles. The Morgan fingerprint density at radius 3 is 2.09 bits per heavy atom. The highest BCUT2D eigenvalue weighted by Gasteiger charge is 2.44. The molecule has 5 nitrogen and oxygen atoms in total. The minimum Gasteiger partial charge on any atom is -0.493 e. The number of rotatable bonds is 6. The lowest BCUT2D eigenvalue weighted by molar-refractivity contribution is -0.188. The third-order valence-electron chi connectivity index (χ3n) is 2.73. The number of halogens is 3. The summed E-state index contributed by atoms with van der Waals surface area (Å²) in [5, 5.41) is 0. The van der Waals surface area contributed by atoms with E-state index in [1.165, 1.54) is 12.1 Å². The van der Waals surface area contributed by atoms with Crippen molar-refractivity contribution >= 4 is 10.1 Å². The summed E-state index contributed by atoms with van der Waals surface area (Å²) in [6, 6.07) is 2.64. The maximum absolute atomic E-state index is 12.8. The van der Waals surface area contributed by atoms with Crippen LogP contribution in [0.2, 0.25) is 0 Å². The van der Waals surface area contributed by atoms with Crippen molar-refractivity contribution in [1.82, 2.24) is 0 Å². The summed E-state index contributed by atoms with van der Waals surface area (Å²) < 4.78 is 78.6. The van der Waals surface area contributed by atoms with Crippen molar-refractivity contribution in [2.45, 2.75) is 33.1 Å². The zero-order valence-electron chi connectivity index (χ0n) is 12.3. The molecule has 0 aliphatic rings. The van der Waals surface area contributed by atoms with Crippen LogP contribution in [0.5, 0.6) is 11.5 Å². The summed E-state index contributed by atoms with van der Waals surface area (Å²) >= 11 is 0. The lowest BCUT2D eigenvalue weighted by atomic mass is 10.1. The van der Waals surface area contributed by atoms with Gasteiger partial charge < -0.3 is 9.47 Å². The van der Waals surface area contributed by atoms with E-state index >= 15 is 0 Å². The molecule has 1 atom stereocenters. The van der Waals surface area contributed by atoms with Gasteiger partial charge >= 0.3 is 6.18 Å². The average Bonchev–Trinajstić information content (AvgIpc) is 2.30. The van der Waals surface area contributed by atoms with Gasteiger partial charge in [0.2, 0.25) is 6.10 Å². The summed E-state index contributed by atoms with van der Waals surface area (Å²) in [6.45, 7) is 5.44. The number of aryl methyl sites for hydroxylation is 2. The molecule has 0 spiro atoms. The normalized spacial score (nSPS) is 13.8. The van der Waals surface area contributed by atoms with Gasteiger partial charge in [-0.15, -0.1) is 0 Å². The fourth-order valence-electron chi connectivity index (χ4n) is 1.90. The number of hydrogen-bond donors (Lipinski definition) is 1. The van der Waals surface area contributed by atoms with E-state index in [2.05, 4.69) is 0 Å².